The van der Waals surface area contributed by atoms with Gasteiger partial charge in [-0.1, -0.05) is 0 Å². The highest BCUT2D eigenvalue weighted by atomic mass is 16.3. The fourth-order valence-electron chi connectivity index (χ4n) is 2.27. The maximum atomic E-state index is 12.3. The molecule has 1 aromatic heterocycles. The number of nitrogens with one attached hydrogen (secondary N) is 1. The molecule has 2 aromatic rings. The molecule has 0 aliphatic carbocycles. The number of β-amino-alcohol motifs (C(OH)–C–C–N with tert-alkyl or cyclic N) is 1. The number of aromatic nitrogens is 2. The van der Waals surface area contributed by atoms with Crippen molar-refractivity contribution < 1.29 is 9.90 Å². The number of H-pyrrole nitrogens is 1. The number of carbonyl (C=O) groups is 1. The first-order valence-corrected chi connectivity index (χ1v) is 5.86. The number of hydrogen-bond donors (Lipinski definition) is 3. The van der Waals surface area contributed by atoms with Crippen LogP contribution >= 0.6 is 0 Å². The summed E-state index contributed by atoms with van der Waals surface area (Å²) in [6, 6.07) is 5.29. The zero-order chi connectivity index (χ0) is 12.7. The largest absolute Gasteiger partial charge is 0.399 e. The molecular weight excluding hydrogens is 232 g/mol. The lowest BCUT2D eigenvalue weighted by Crippen LogP contribution is -2.29. The minimum Gasteiger partial charge on any atom is -0.399 e. The monoisotopic (exact) mass is 246 g/mol. The fourth-order valence-corrected chi connectivity index (χ4v) is 2.27. The van der Waals surface area contributed by atoms with Gasteiger partial charge < -0.3 is 15.7 Å². The second kappa shape index (κ2) is 3.99. The third kappa shape index (κ3) is 1.70. The molecule has 6 nitrogen and oxygen atoms in total. The van der Waals surface area contributed by atoms with Gasteiger partial charge in [0.2, 0.25) is 0 Å². The first-order valence-electron chi connectivity index (χ1n) is 5.86. The summed E-state index contributed by atoms with van der Waals surface area (Å²) in [5.74, 6) is -0.164. The van der Waals surface area contributed by atoms with Gasteiger partial charge in [0.1, 0.15) is 0 Å². The minimum atomic E-state index is -0.427. The Kier molecular flexibility index (Phi) is 2.45. The lowest BCUT2D eigenvalue weighted by molar-refractivity contribution is 0.0761. The number of aliphatic hydroxyl groups excluding tert-OH is 1. The van der Waals surface area contributed by atoms with Gasteiger partial charge in [0, 0.05) is 24.2 Å². The van der Waals surface area contributed by atoms with E-state index in [4.69, 9.17) is 5.73 Å². The van der Waals surface area contributed by atoms with Crippen molar-refractivity contribution in [3.8, 4) is 0 Å². The first-order chi connectivity index (χ1) is 8.65. The highest BCUT2D eigenvalue weighted by Crippen LogP contribution is 2.21. The Balaban J connectivity index is 1.99. The summed E-state index contributed by atoms with van der Waals surface area (Å²) in [6.07, 6.45) is 0.195. The van der Waals surface area contributed by atoms with Gasteiger partial charge in [-0.3, -0.25) is 9.89 Å². The normalized spacial score (nSPS) is 19.6. The molecule has 0 radical (unpaired) electrons. The van der Waals surface area contributed by atoms with Crippen LogP contribution in [0.2, 0.25) is 0 Å². The fraction of sp³-hybridized carbons (Fsp3) is 0.333. The zero-order valence-corrected chi connectivity index (χ0v) is 9.76. The van der Waals surface area contributed by atoms with E-state index in [0.29, 0.717) is 30.9 Å². The van der Waals surface area contributed by atoms with Crippen LogP contribution in [0.25, 0.3) is 10.9 Å². The molecular formula is C12H14N4O2. The third-order valence-electron chi connectivity index (χ3n) is 3.24. The standard InChI is InChI=1S/C12H14N4O2/c13-7-1-2-10-9(5-7)11(15-14-10)12(18)16-4-3-8(17)6-16/h1-2,5,8,17H,3-4,6,13H2,(H,14,15)/t8-/m1/s1. The highest BCUT2D eigenvalue weighted by molar-refractivity contribution is 6.05. The lowest BCUT2D eigenvalue weighted by Gasteiger charge is -2.13. The molecule has 18 heavy (non-hydrogen) atoms. The van der Waals surface area contributed by atoms with Crippen molar-refractivity contribution in [2.24, 2.45) is 0 Å². The summed E-state index contributed by atoms with van der Waals surface area (Å²) < 4.78 is 0. The molecule has 1 fully saturated rings. The SMILES string of the molecule is Nc1ccc2[nH]nc(C(=O)N3CC[C@@H](O)C3)c2c1. The van der Waals surface area contributed by atoms with E-state index >= 15 is 0 Å². The van der Waals surface area contributed by atoms with Gasteiger partial charge in [0.15, 0.2) is 5.69 Å². The van der Waals surface area contributed by atoms with Gasteiger partial charge in [-0.15, -0.1) is 0 Å². The van der Waals surface area contributed by atoms with E-state index in [2.05, 4.69) is 10.2 Å². The van der Waals surface area contributed by atoms with Crippen molar-refractivity contribution in [2.45, 2.75) is 12.5 Å². The maximum Gasteiger partial charge on any atom is 0.275 e. The molecule has 1 aliphatic rings. The Morgan fingerprint density at radius 1 is 1.56 bits per heavy atom. The topological polar surface area (TPSA) is 95.2 Å². The number of rotatable bonds is 1. The van der Waals surface area contributed by atoms with Crippen molar-refractivity contribution in [3.05, 3.63) is 23.9 Å². The van der Waals surface area contributed by atoms with E-state index in [1.54, 1.807) is 23.1 Å². The van der Waals surface area contributed by atoms with Crippen LogP contribution in [0.1, 0.15) is 16.9 Å². The Bertz CT molecular complexity index is 607. The molecule has 1 aliphatic heterocycles. The number of likely N-dealkylation sites (tertiary alicyclic amines) is 1. The van der Waals surface area contributed by atoms with E-state index in [9.17, 15) is 9.90 Å². The van der Waals surface area contributed by atoms with Crippen LogP contribution in [-0.2, 0) is 0 Å². The zero-order valence-electron chi connectivity index (χ0n) is 9.76. The average molecular weight is 246 g/mol. The molecule has 1 saturated heterocycles. The van der Waals surface area contributed by atoms with Gasteiger partial charge in [0.05, 0.1) is 11.6 Å². The van der Waals surface area contributed by atoms with E-state index in [1.165, 1.54) is 0 Å². The number of carbonyl (C=O) groups excluding carboxylic acids is 1. The summed E-state index contributed by atoms with van der Waals surface area (Å²) in [5.41, 5.74) is 7.47. The van der Waals surface area contributed by atoms with E-state index in [-0.39, 0.29) is 5.91 Å². The number of benzene rings is 1. The number of hydrogen-bond acceptors (Lipinski definition) is 4. The van der Waals surface area contributed by atoms with Crippen molar-refractivity contribution in [1.29, 1.82) is 0 Å². The van der Waals surface area contributed by atoms with Crippen molar-refractivity contribution in [1.82, 2.24) is 15.1 Å². The van der Waals surface area contributed by atoms with Crippen molar-refractivity contribution in [3.63, 3.8) is 0 Å². The van der Waals surface area contributed by atoms with Gasteiger partial charge in [-0.25, -0.2) is 0 Å². The van der Waals surface area contributed by atoms with Crippen molar-refractivity contribution in [2.75, 3.05) is 18.8 Å². The average Bonchev–Trinajstić information content (AvgIpc) is 2.94. The molecule has 3 rings (SSSR count). The summed E-state index contributed by atoms with van der Waals surface area (Å²) in [5, 5.41) is 17.1. The number of nitrogens with two attached hydrogens (primary N) is 1. The molecule has 0 saturated carbocycles. The minimum absolute atomic E-state index is 0.164. The Hall–Kier alpha value is -2.08. The Labute approximate surface area is 103 Å². The lowest BCUT2D eigenvalue weighted by atomic mass is 10.2. The number of amides is 1. The summed E-state index contributed by atoms with van der Waals surface area (Å²) in [6.45, 7) is 0.937. The van der Waals surface area contributed by atoms with Crippen LogP contribution in [0.4, 0.5) is 5.69 Å². The van der Waals surface area contributed by atoms with Crippen LogP contribution in [0, 0.1) is 0 Å². The van der Waals surface area contributed by atoms with E-state index in [1.807, 2.05) is 0 Å². The van der Waals surface area contributed by atoms with Crippen LogP contribution in [0.15, 0.2) is 18.2 Å². The number of nitrogens with zero attached hydrogens (tertiary/aromatic N) is 2. The molecule has 94 valence electrons. The predicted molar refractivity (Wildman–Crippen MR) is 67.0 cm³/mol. The molecule has 2 heterocycles. The number of aliphatic hydroxyl groups is 1. The second-order valence-corrected chi connectivity index (χ2v) is 4.57. The van der Waals surface area contributed by atoms with E-state index in [0.717, 1.165) is 10.9 Å². The van der Waals surface area contributed by atoms with Crippen LogP contribution in [0.5, 0.6) is 0 Å². The molecule has 0 bridgehead atoms. The predicted octanol–water partition coefficient (Wildman–Crippen LogP) is 0.352. The maximum absolute atomic E-state index is 12.3. The Morgan fingerprint density at radius 3 is 3.11 bits per heavy atom. The molecule has 0 unspecified atom stereocenters. The number of aromatic amines is 1. The van der Waals surface area contributed by atoms with Gasteiger partial charge in [0.25, 0.3) is 5.91 Å². The number of anilines is 1. The van der Waals surface area contributed by atoms with Gasteiger partial charge in [-0.05, 0) is 24.6 Å². The number of fused-ring (bicyclic) bond motifs is 1. The summed E-state index contributed by atoms with van der Waals surface area (Å²) in [7, 11) is 0. The number of nitrogen functional groups attached to an aromatic ring is 1. The Morgan fingerprint density at radius 2 is 2.39 bits per heavy atom. The first kappa shape index (κ1) is 11.0. The summed E-state index contributed by atoms with van der Waals surface area (Å²) >= 11 is 0. The van der Waals surface area contributed by atoms with Gasteiger partial charge >= 0.3 is 0 Å². The molecule has 1 amide bonds. The van der Waals surface area contributed by atoms with E-state index < -0.39 is 6.10 Å². The van der Waals surface area contributed by atoms with Crippen LogP contribution in [-0.4, -0.2) is 45.3 Å². The second-order valence-electron chi connectivity index (χ2n) is 4.57. The van der Waals surface area contributed by atoms with Crippen LogP contribution < -0.4 is 5.73 Å². The molecule has 0 spiro atoms. The molecule has 1 atom stereocenters. The highest BCUT2D eigenvalue weighted by Gasteiger charge is 2.27. The summed E-state index contributed by atoms with van der Waals surface area (Å²) in [4.78, 5) is 13.9. The quantitative estimate of drug-likeness (QED) is 0.633. The molecule has 4 N–H and O–H groups in total. The van der Waals surface area contributed by atoms with Crippen LogP contribution in [0.3, 0.4) is 0 Å². The smallest absolute Gasteiger partial charge is 0.275 e. The molecule has 6 heteroatoms. The third-order valence-corrected chi connectivity index (χ3v) is 3.24. The van der Waals surface area contributed by atoms with Crippen molar-refractivity contribution >= 4 is 22.5 Å². The molecule has 1 aromatic carbocycles. The van der Waals surface area contributed by atoms with Gasteiger partial charge in [-0.2, -0.15) is 5.10 Å².